The van der Waals surface area contributed by atoms with E-state index in [1.54, 1.807) is 24.4 Å². The minimum Gasteiger partial charge on any atom is -0.397 e. The van der Waals surface area contributed by atoms with Gasteiger partial charge in [0.1, 0.15) is 0 Å². The number of carbonyl (C=O) groups excluding carboxylic acids is 1. The molecule has 82 valence electrons. The van der Waals surface area contributed by atoms with Gasteiger partial charge in [-0.05, 0) is 18.2 Å². The van der Waals surface area contributed by atoms with Gasteiger partial charge in [-0.1, -0.05) is 0 Å². The molecule has 0 aromatic carbocycles. The number of nitrogens with one attached hydrogen (secondary N) is 2. The number of hydrogen-bond acceptors (Lipinski definition) is 4. The average molecular weight is 217 g/mol. The van der Waals surface area contributed by atoms with Crippen LogP contribution in [-0.2, 0) is 6.54 Å². The number of rotatable bonds is 3. The fraction of sp³-hybridized carbons (Fsp3) is 0.100. The summed E-state index contributed by atoms with van der Waals surface area (Å²) in [5, 5.41) is 9.21. The summed E-state index contributed by atoms with van der Waals surface area (Å²) >= 11 is 0. The molecule has 0 aliphatic rings. The van der Waals surface area contributed by atoms with Crippen molar-refractivity contribution in [2.45, 2.75) is 6.54 Å². The van der Waals surface area contributed by atoms with Crippen molar-refractivity contribution >= 4 is 11.6 Å². The highest BCUT2D eigenvalue weighted by Crippen LogP contribution is 2.06. The summed E-state index contributed by atoms with van der Waals surface area (Å²) in [6.45, 7) is 0.370. The fourth-order valence-electron chi connectivity index (χ4n) is 1.25. The van der Waals surface area contributed by atoms with Gasteiger partial charge in [-0.25, -0.2) is 4.98 Å². The Labute approximate surface area is 91.9 Å². The summed E-state index contributed by atoms with van der Waals surface area (Å²) in [5.41, 5.74) is 7.05. The van der Waals surface area contributed by atoms with E-state index in [0.29, 0.717) is 12.2 Å². The number of pyridine rings is 1. The highest BCUT2D eigenvalue weighted by molar-refractivity contribution is 5.96. The second-order valence-corrected chi connectivity index (χ2v) is 3.21. The fourth-order valence-corrected chi connectivity index (χ4v) is 1.25. The van der Waals surface area contributed by atoms with Crippen LogP contribution in [0.4, 0.5) is 5.69 Å². The SMILES string of the molecule is Nc1cccnc1C(=O)NCc1ccn[nH]1. The summed E-state index contributed by atoms with van der Waals surface area (Å²) in [5.74, 6) is -0.298. The number of hydrogen-bond donors (Lipinski definition) is 3. The van der Waals surface area contributed by atoms with Crippen molar-refractivity contribution in [2.24, 2.45) is 0 Å². The van der Waals surface area contributed by atoms with Gasteiger partial charge in [-0.3, -0.25) is 9.89 Å². The van der Waals surface area contributed by atoms with Crippen molar-refractivity contribution in [3.05, 3.63) is 42.0 Å². The summed E-state index contributed by atoms with van der Waals surface area (Å²) < 4.78 is 0. The van der Waals surface area contributed by atoms with E-state index in [4.69, 9.17) is 5.73 Å². The number of H-pyrrole nitrogens is 1. The Kier molecular flexibility index (Phi) is 2.81. The second-order valence-electron chi connectivity index (χ2n) is 3.21. The van der Waals surface area contributed by atoms with Gasteiger partial charge >= 0.3 is 0 Å². The molecule has 6 heteroatoms. The van der Waals surface area contributed by atoms with E-state index in [0.717, 1.165) is 5.69 Å². The molecule has 2 aromatic heterocycles. The lowest BCUT2D eigenvalue weighted by atomic mass is 10.3. The number of carbonyl (C=O) groups is 1. The van der Waals surface area contributed by atoms with Crippen LogP contribution in [0.2, 0.25) is 0 Å². The molecule has 1 amide bonds. The van der Waals surface area contributed by atoms with E-state index in [1.165, 1.54) is 6.20 Å². The molecule has 0 unspecified atom stereocenters. The molecule has 0 spiro atoms. The van der Waals surface area contributed by atoms with Crippen LogP contribution in [0.5, 0.6) is 0 Å². The molecule has 2 heterocycles. The Morgan fingerprint density at radius 1 is 1.44 bits per heavy atom. The molecule has 2 rings (SSSR count). The molecule has 0 aliphatic heterocycles. The third-order valence-corrected chi connectivity index (χ3v) is 2.05. The van der Waals surface area contributed by atoms with Crippen molar-refractivity contribution in [2.75, 3.05) is 5.73 Å². The van der Waals surface area contributed by atoms with E-state index in [1.807, 2.05) is 0 Å². The third kappa shape index (κ3) is 2.17. The molecule has 0 fully saturated rings. The van der Waals surface area contributed by atoms with Gasteiger partial charge in [0.05, 0.1) is 17.9 Å². The van der Waals surface area contributed by atoms with E-state index in [-0.39, 0.29) is 11.6 Å². The zero-order valence-corrected chi connectivity index (χ0v) is 8.47. The molecular weight excluding hydrogens is 206 g/mol. The Balaban J connectivity index is 2.01. The summed E-state index contributed by atoms with van der Waals surface area (Å²) in [6.07, 6.45) is 3.15. The van der Waals surface area contributed by atoms with Gasteiger partial charge < -0.3 is 11.1 Å². The Morgan fingerprint density at radius 3 is 3.00 bits per heavy atom. The van der Waals surface area contributed by atoms with Crippen molar-refractivity contribution < 1.29 is 4.79 Å². The van der Waals surface area contributed by atoms with Crippen LogP contribution in [0.15, 0.2) is 30.6 Å². The summed E-state index contributed by atoms with van der Waals surface area (Å²) in [7, 11) is 0. The maximum absolute atomic E-state index is 11.7. The quantitative estimate of drug-likeness (QED) is 0.689. The third-order valence-electron chi connectivity index (χ3n) is 2.05. The molecular formula is C10H11N5O. The number of anilines is 1. The molecule has 16 heavy (non-hydrogen) atoms. The molecule has 0 saturated heterocycles. The summed E-state index contributed by atoms with van der Waals surface area (Å²) in [4.78, 5) is 15.6. The highest BCUT2D eigenvalue weighted by Gasteiger charge is 2.09. The minimum absolute atomic E-state index is 0.238. The number of aromatic nitrogens is 3. The molecule has 6 nitrogen and oxygen atoms in total. The van der Waals surface area contributed by atoms with Gasteiger partial charge in [-0.15, -0.1) is 0 Å². The first-order chi connectivity index (χ1) is 7.77. The normalized spacial score (nSPS) is 10.0. The Morgan fingerprint density at radius 2 is 2.31 bits per heavy atom. The standard InChI is InChI=1S/C10H11N5O/c11-8-2-1-4-12-9(8)10(16)13-6-7-3-5-14-15-7/h1-5H,6,11H2,(H,13,16)(H,14,15). The first-order valence-corrected chi connectivity index (χ1v) is 4.74. The maximum atomic E-state index is 11.7. The lowest BCUT2D eigenvalue weighted by Crippen LogP contribution is -2.25. The predicted octanol–water partition coefficient (Wildman–Crippen LogP) is 0.317. The van der Waals surface area contributed by atoms with Gasteiger partial charge in [0, 0.05) is 12.4 Å². The van der Waals surface area contributed by atoms with Crippen LogP contribution in [0.3, 0.4) is 0 Å². The van der Waals surface area contributed by atoms with Crippen LogP contribution in [0.25, 0.3) is 0 Å². The predicted molar refractivity (Wildman–Crippen MR) is 58.4 cm³/mol. The highest BCUT2D eigenvalue weighted by atomic mass is 16.1. The second kappa shape index (κ2) is 4.43. The first kappa shape index (κ1) is 10.2. The minimum atomic E-state index is -0.298. The monoisotopic (exact) mass is 217 g/mol. The molecule has 0 saturated carbocycles. The van der Waals surface area contributed by atoms with E-state index in [2.05, 4.69) is 20.5 Å². The van der Waals surface area contributed by atoms with E-state index in [9.17, 15) is 4.79 Å². The molecule has 4 N–H and O–H groups in total. The molecule has 2 aromatic rings. The van der Waals surface area contributed by atoms with Crippen molar-refractivity contribution in [1.82, 2.24) is 20.5 Å². The Hall–Kier alpha value is -2.37. The number of aromatic amines is 1. The lowest BCUT2D eigenvalue weighted by molar-refractivity contribution is 0.0946. The van der Waals surface area contributed by atoms with Gasteiger partial charge in [0.2, 0.25) is 0 Å². The van der Waals surface area contributed by atoms with Crippen LogP contribution in [0.1, 0.15) is 16.2 Å². The van der Waals surface area contributed by atoms with Crippen molar-refractivity contribution in [3.63, 3.8) is 0 Å². The first-order valence-electron chi connectivity index (χ1n) is 4.74. The maximum Gasteiger partial charge on any atom is 0.272 e. The topological polar surface area (TPSA) is 96.7 Å². The van der Waals surface area contributed by atoms with Crippen molar-refractivity contribution in [1.29, 1.82) is 0 Å². The average Bonchev–Trinajstić information content (AvgIpc) is 2.79. The van der Waals surface area contributed by atoms with Crippen LogP contribution in [0, 0.1) is 0 Å². The van der Waals surface area contributed by atoms with Gasteiger partial charge in [0.25, 0.3) is 5.91 Å². The van der Waals surface area contributed by atoms with Crippen molar-refractivity contribution in [3.8, 4) is 0 Å². The van der Waals surface area contributed by atoms with Gasteiger partial charge in [-0.2, -0.15) is 5.10 Å². The molecule has 0 radical (unpaired) electrons. The lowest BCUT2D eigenvalue weighted by Gasteiger charge is -2.04. The molecule has 0 atom stereocenters. The van der Waals surface area contributed by atoms with Gasteiger partial charge in [0.15, 0.2) is 5.69 Å². The molecule has 0 aliphatic carbocycles. The number of nitrogens with two attached hydrogens (primary N) is 1. The number of nitrogen functional groups attached to an aromatic ring is 1. The van der Waals surface area contributed by atoms with Crippen LogP contribution >= 0.6 is 0 Å². The van der Waals surface area contributed by atoms with E-state index >= 15 is 0 Å². The number of nitrogens with zero attached hydrogens (tertiary/aromatic N) is 2. The van der Waals surface area contributed by atoms with Crippen LogP contribution < -0.4 is 11.1 Å². The zero-order chi connectivity index (χ0) is 11.4. The number of amides is 1. The summed E-state index contributed by atoms with van der Waals surface area (Å²) in [6, 6.07) is 5.10. The van der Waals surface area contributed by atoms with Crippen LogP contribution in [-0.4, -0.2) is 21.1 Å². The largest absolute Gasteiger partial charge is 0.397 e. The Bertz CT molecular complexity index is 480. The molecule has 0 bridgehead atoms. The van der Waals surface area contributed by atoms with E-state index < -0.39 is 0 Å². The zero-order valence-electron chi connectivity index (χ0n) is 8.47. The smallest absolute Gasteiger partial charge is 0.272 e.